The second kappa shape index (κ2) is 9.07. The van der Waals surface area contributed by atoms with Crippen LogP contribution in [0.15, 0.2) is 17.5 Å². The van der Waals surface area contributed by atoms with E-state index in [1.165, 1.54) is 4.88 Å². The zero-order valence-corrected chi connectivity index (χ0v) is 12.6. The predicted molar refractivity (Wildman–Crippen MR) is 79.1 cm³/mol. The summed E-state index contributed by atoms with van der Waals surface area (Å²) in [4.78, 5) is 15.5. The minimum absolute atomic E-state index is 0.0281. The predicted octanol–water partition coefficient (Wildman–Crippen LogP) is 2.10. The van der Waals surface area contributed by atoms with Crippen molar-refractivity contribution in [1.29, 1.82) is 0 Å². The summed E-state index contributed by atoms with van der Waals surface area (Å²) >= 11 is 1.68. The molecule has 4 nitrogen and oxygen atoms in total. The van der Waals surface area contributed by atoms with E-state index in [2.05, 4.69) is 6.07 Å². The van der Waals surface area contributed by atoms with Gasteiger partial charge in [0.05, 0.1) is 13.2 Å². The van der Waals surface area contributed by atoms with E-state index in [4.69, 9.17) is 10.5 Å². The van der Waals surface area contributed by atoms with Gasteiger partial charge in [-0.05, 0) is 30.8 Å². The molecule has 1 atom stereocenters. The average Bonchev–Trinajstić information content (AvgIpc) is 2.92. The molecule has 0 saturated heterocycles. The van der Waals surface area contributed by atoms with Gasteiger partial charge in [0.2, 0.25) is 5.91 Å². The molecule has 1 amide bonds. The van der Waals surface area contributed by atoms with Gasteiger partial charge in [0.25, 0.3) is 0 Å². The van der Waals surface area contributed by atoms with Crippen LogP contribution in [0, 0.1) is 5.92 Å². The lowest BCUT2D eigenvalue weighted by Gasteiger charge is -2.25. The summed E-state index contributed by atoms with van der Waals surface area (Å²) < 4.78 is 5.09. The van der Waals surface area contributed by atoms with Crippen molar-refractivity contribution in [2.45, 2.75) is 26.3 Å². The molecule has 1 aromatic rings. The van der Waals surface area contributed by atoms with Crippen molar-refractivity contribution in [2.24, 2.45) is 11.7 Å². The first-order valence-electron chi connectivity index (χ1n) is 6.69. The van der Waals surface area contributed by atoms with Crippen molar-refractivity contribution in [3.63, 3.8) is 0 Å². The molecule has 0 aliphatic rings. The molecule has 0 aliphatic heterocycles. The Morgan fingerprint density at radius 2 is 2.37 bits per heavy atom. The molecule has 2 N–H and O–H groups in total. The molecule has 5 heteroatoms. The first-order chi connectivity index (χ1) is 9.19. The van der Waals surface area contributed by atoms with Gasteiger partial charge in [-0.1, -0.05) is 13.0 Å². The highest BCUT2D eigenvalue weighted by Crippen LogP contribution is 2.16. The van der Waals surface area contributed by atoms with Crippen LogP contribution in [0.4, 0.5) is 0 Å². The number of hydrogen-bond acceptors (Lipinski definition) is 4. The van der Waals surface area contributed by atoms with Crippen LogP contribution in [-0.2, 0) is 16.1 Å². The molecular weight excluding hydrogens is 260 g/mol. The van der Waals surface area contributed by atoms with E-state index >= 15 is 0 Å². The maximum Gasteiger partial charge on any atom is 0.225 e. The van der Waals surface area contributed by atoms with Gasteiger partial charge in [0.1, 0.15) is 0 Å². The highest BCUT2D eigenvalue weighted by atomic mass is 32.1. The fourth-order valence-corrected chi connectivity index (χ4v) is 2.64. The third-order valence-corrected chi connectivity index (χ3v) is 3.93. The van der Waals surface area contributed by atoms with E-state index in [-0.39, 0.29) is 11.8 Å². The van der Waals surface area contributed by atoms with Gasteiger partial charge in [0, 0.05) is 24.4 Å². The van der Waals surface area contributed by atoms with Crippen LogP contribution in [0.2, 0.25) is 0 Å². The number of nitrogens with zero attached hydrogens (tertiary/aromatic N) is 1. The molecule has 1 rings (SSSR count). The molecule has 0 aromatic carbocycles. The zero-order chi connectivity index (χ0) is 14.1. The Balaban J connectivity index is 2.58. The summed E-state index contributed by atoms with van der Waals surface area (Å²) in [6.07, 6.45) is 1.74. The third kappa shape index (κ3) is 5.72. The number of ether oxygens (including phenoxy) is 1. The molecule has 1 aromatic heterocycles. The van der Waals surface area contributed by atoms with Gasteiger partial charge in [0.15, 0.2) is 0 Å². The van der Waals surface area contributed by atoms with Crippen LogP contribution < -0.4 is 5.73 Å². The summed E-state index contributed by atoms with van der Waals surface area (Å²) in [5.74, 6) is 0.222. The SMILES string of the molecule is COCCN(Cc1cccs1)C(=O)C(C)CCCN. The zero-order valence-electron chi connectivity index (χ0n) is 11.8. The highest BCUT2D eigenvalue weighted by Gasteiger charge is 2.20. The molecule has 0 spiro atoms. The van der Waals surface area contributed by atoms with Crippen molar-refractivity contribution >= 4 is 17.2 Å². The molecule has 108 valence electrons. The summed E-state index contributed by atoms with van der Waals surface area (Å²) in [5, 5.41) is 2.03. The normalized spacial score (nSPS) is 12.4. The molecular formula is C14H24N2O2S. The van der Waals surface area contributed by atoms with Crippen molar-refractivity contribution in [3.8, 4) is 0 Å². The number of hydrogen-bond donors (Lipinski definition) is 1. The van der Waals surface area contributed by atoms with Crippen molar-refractivity contribution in [2.75, 3.05) is 26.8 Å². The summed E-state index contributed by atoms with van der Waals surface area (Å²) in [7, 11) is 1.66. The fourth-order valence-electron chi connectivity index (χ4n) is 1.92. The second-order valence-electron chi connectivity index (χ2n) is 4.66. The Labute approximate surface area is 119 Å². The third-order valence-electron chi connectivity index (χ3n) is 3.07. The topological polar surface area (TPSA) is 55.6 Å². The van der Waals surface area contributed by atoms with E-state index in [1.807, 2.05) is 23.3 Å². The van der Waals surface area contributed by atoms with E-state index in [0.29, 0.717) is 26.2 Å². The Hall–Kier alpha value is -0.910. The molecule has 1 heterocycles. The number of amides is 1. The van der Waals surface area contributed by atoms with Crippen LogP contribution in [0.3, 0.4) is 0 Å². The van der Waals surface area contributed by atoms with Crippen LogP contribution in [-0.4, -0.2) is 37.6 Å². The lowest BCUT2D eigenvalue weighted by atomic mass is 10.0. The number of rotatable bonds is 9. The van der Waals surface area contributed by atoms with Gasteiger partial charge in [-0.2, -0.15) is 0 Å². The minimum atomic E-state index is 0.0281. The Morgan fingerprint density at radius 1 is 1.58 bits per heavy atom. The molecule has 1 unspecified atom stereocenters. The first kappa shape index (κ1) is 16.1. The number of methoxy groups -OCH3 is 1. The van der Waals surface area contributed by atoms with E-state index in [1.54, 1.807) is 18.4 Å². The van der Waals surface area contributed by atoms with Gasteiger partial charge >= 0.3 is 0 Å². The van der Waals surface area contributed by atoms with E-state index in [0.717, 1.165) is 12.8 Å². The van der Waals surface area contributed by atoms with Crippen LogP contribution in [0.25, 0.3) is 0 Å². The van der Waals surface area contributed by atoms with Crippen molar-refractivity contribution in [3.05, 3.63) is 22.4 Å². The largest absolute Gasteiger partial charge is 0.383 e. The maximum atomic E-state index is 12.4. The standard InChI is InChI=1S/C14H24N2O2S/c1-12(5-3-7-15)14(17)16(8-9-18-2)11-13-6-4-10-19-13/h4,6,10,12H,3,5,7-9,11,15H2,1-2H3. The summed E-state index contributed by atoms with van der Waals surface area (Å²) in [5.41, 5.74) is 5.50. The molecule has 0 saturated carbocycles. The second-order valence-corrected chi connectivity index (χ2v) is 5.70. The van der Waals surface area contributed by atoms with Crippen LogP contribution >= 0.6 is 11.3 Å². The molecule has 0 fully saturated rings. The first-order valence-corrected chi connectivity index (χ1v) is 7.57. The van der Waals surface area contributed by atoms with Crippen molar-refractivity contribution in [1.82, 2.24) is 4.90 Å². The molecule has 0 radical (unpaired) electrons. The van der Waals surface area contributed by atoms with Gasteiger partial charge < -0.3 is 15.4 Å². The van der Waals surface area contributed by atoms with Gasteiger partial charge in [-0.3, -0.25) is 4.79 Å². The summed E-state index contributed by atoms with van der Waals surface area (Å²) in [6.45, 7) is 4.50. The van der Waals surface area contributed by atoms with Crippen LogP contribution in [0.1, 0.15) is 24.6 Å². The van der Waals surface area contributed by atoms with Gasteiger partial charge in [-0.15, -0.1) is 11.3 Å². The molecule has 0 bridgehead atoms. The fraction of sp³-hybridized carbons (Fsp3) is 0.643. The molecule has 19 heavy (non-hydrogen) atoms. The number of thiophene rings is 1. The Kier molecular flexibility index (Phi) is 7.70. The quantitative estimate of drug-likeness (QED) is 0.755. The van der Waals surface area contributed by atoms with E-state index in [9.17, 15) is 4.79 Å². The smallest absolute Gasteiger partial charge is 0.225 e. The Morgan fingerprint density at radius 3 is 2.95 bits per heavy atom. The average molecular weight is 284 g/mol. The minimum Gasteiger partial charge on any atom is -0.383 e. The van der Waals surface area contributed by atoms with E-state index < -0.39 is 0 Å². The number of carbonyl (C=O) groups is 1. The summed E-state index contributed by atoms with van der Waals surface area (Å²) in [6, 6.07) is 4.07. The van der Waals surface area contributed by atoms with Crippen molar-refractivity contribution < 1.29 is 9.53 Å². The monoisotopic (exact) mass is 284 g/mol. The maximum absolute atomic E-state index is 12.4. The van der Waals surface area contributed by atoms with Crippen LogP contribution in [0.5, 0.6) is 0 Å². The number of nitrogens with two attached hydrogens (primary N) is 1. The highest BCUT2D eigenvalue weighted by molar-refractivity contribution is 7.09. The Bertz CT molecular complexity index is 354. The number of carbonyl (C=O) groups excluding carboxylic acids is 1. The lowest BCUT2D eigenvalue weighted by Crippen LogP contribution is -2.37. The molecule has 0 aliphatic carbocycles. The lowest BCUT2D eigenvalue weighted by molar-refractivity contribution is -0.136. The van der Waals surface area contributed by atoms with Gasteiger partial charge in [-0.25, -0.2) is 0 Å².